The molecule has 1 amide bonds. The van der Waals surface area contributed by atoms with Crippen LogP contribution in [0.25, 0.3) is 0 Å². The molecular formula is C15H17NO3S. The normalized spacial score (nSPS) is 10.2. The van der Waals surface area contributed by atoms with Crippen LogP contribution in [0.4, 0.5) is 0 Å². The van der Waals surface area contributed by atoms with Crippen molar-refractivity contribution in [2.45, 2.75) is 13.5 Å². The molecule has 0 spiro atoms. The number of benzene rings is 1. The van der Waals surface area contributed by atoms with Crippen molar-refractivity contribution in [3.63, 3.8) is 0 Å². The smallest absolute Gasteiger partial charge is 0.259 e. The van der Waals surface area contributed by atoms with Crippen molar-refractivity contribution in [1.29, 1.82) is 0 Å². The summed E-state index contributed by atoms with van der Waals surface area (Å²) in [4.78, 5) is 14.7. The number of nitrogens with one attached hydrogen (secondary N) is 1. The zero-order valence-electron chi connectivity index (χ0n) is 11.7. The first-order chi connectivity index (χ1) is 9.65. The Hall–Kier alpha value is -2.01. The average Bonchev–Trinajstić information content (AvgIpc) is 2.89. The van der Waals surface area contributed by atoms with Crippen molar-refractivity contribution < 1.29 is 14.3 Å². The largest absolute Gasteiger partial charge is 0.496 e. The van der Waals surface area contributed by atoms with E-state index >= 15 is 0 Å². The van der Waals surface area contributed by atoms with E-state index in [-0.39, 0.29) is 5.91 Å². The third-order valence-electron chi connectivity index (χ3n) is 2.87. The second-order valence-corrected chi connectivity index (χ2v) is 5.61. The van der Waals surface area contributed by atoms with Gasteiger partial charge in [-0.25, -0.2) is 0 Å². The molecule has 20 heavy (non-hydrogen) atoms. The van der Waals surface area contributed by atoms with E-state index in [1.54, 1.807) is 29.5 Å². The number of carbonyl (C=O) groups excluding carboxylic acids is 1. The molecule has 0 aliphatic heterocycles. The Kier molecular flexibility index (Phi) is 4.63. The fourth-order valence-electron chi connectivity index (χ4n) is 1.91. The number of hydrogen-bond donors (Lipinski definition) is 1. The zero-order valence-corrected chi connectivity index (χ0v) is 12.5. The number of ether oxygens (including phenoxy) is 2. The molecule has 2 rings (SSSR count). The molecule has 1 aromatic carbocycles. The molecule has 0 saturated carbocycles. The Morgan fingerprint density at radius 3 is 2.30 bits per heavy atom. The molecule has 0 radical (unpaired) electrons. The predicted molar refractivity (Wildman–Crippen MR) is 79.8 cm³/mol. The molecular weight excluding hydrogens is 274 g/mol. The highest BCUT2D eigenvalue weighted by Crippen LogP contribution is 2.28. The molecule has 0 saturated heterocycles. The summed E-state index contributed by atoms with van der Waals surface area (Å²) in [7, 11) is 3.07. The molecule has 0 bridgehead atoms. The summed E-state index contributed by atoms with van der Waals surface area (Å²) in [5.74, 6) is 0.804. The SMILES string of the molecule is COc1cccc(OC)c1C(=O)NCc1ccc(C)s1. The Morgan fingerprint density at radius 2 is 1.80 bits per heavy atom. The molecule has 4 nitrogen and oxygen atoms in total. The quantitative estimate of drug-likeness (QED) is 0.921. The van der Waals surface area contributed by atoms with Gasteiger partial charge in [0.1, 0.15) is 17.1 Å². The van der Waals surface area contributed by atoms with E-state index in [0.29, 0.717) is 23.6 Å². The Balaban J connectivity index is 2.16. The lowest BCUT2D eigenvalue weighted by Gasteiger charge is -2.12. The number of aryl methyl sites for hydroxylation is 1. The highest BCUT2D eigenvalue weighted by Gasteiger charge is 2.17. The van der Waals surface area contributed by atoms with Crippen LogP contribution in [0.3, 0.4) is 0 Å². The lowest BCUT2D eigenvalue weighted by atomic mass is 10.1. The van der Waals surface area contributed by atoms with Gasteiger partial charge in [-0.05, 0) is 31.2 Å². The molecule has 5 heteroatoms. The average molecular weight is 291 g/mol. The molecule has 1 heterocycles. The van der Waals surface area contributed by atoms with Gasteiger partial charge in [0.25, 0.3) is 5.91 Å². The van der Waals surface area contributed by atoms with Crippen molar-refractivity contribution in [1.82, 2.24) is 5.32 Å². The van der Waals surface area contributed by atoms with Crippen LogP contribution >= 0.6 is 11.3 Å². The van der Waals surface area contributed by atoms with Gasteiger partial charge >= 0.3 is 0 Å². The third kappa shape index (κ3) is 3.11. The minimum absolute atomic E-state index is 0.203. The summed E-state index contributed by atoms with van der Waals surface area (Å²) in [5, 5.41) is 2.89. The van der Waals surface area contributed by atoms with Crippen molar-refractivity contribution >= 4 is 17.2 Å². The van der Waals surface area contributed by atoms with E-state index in [4.69, 9.17) is 9.47 Å². The lowest BCUT2D eigenvalue weighted by Crippen LogP contribution is -2.23. The van der Waals surface area contributed by atoms with Crippen LogP contribution in [0, 0.1) is 6.92 Å². The maximum atomic E-state index is 12.3. The first kappa shape index (κ1) is 14.4. The van der Waals surface area contributed by atoms with Crippen LogP contribution in [-0.4, -0.2) is 20.1 Å². The molecule has 1 aromatic heterocycles. The first-order valence-corrected chi connectivity index (χ1v) is 7.02. The Labute approximate surface area is 122 Å². The van der Waals surface area contributed by atoms with Crippen LogP contribution in [0.5, 0.6) is 11.5 Å². The second kappa shape index (κ2) is 6.43. The molecule has 2 aromatic rings. The number of carbonyl (C=O) groups is 1. The summed E-state index contributed by atoms with van der Waals surface area (Å²) >= 11 is 1.67. The topological polar surface area (TPSA) is 47.6 Å². The van der Waals surface area contributed by atoms with E-state index in [1.165, 1.54) is 19.1 Å². The monoisotopic (exact) mass is 291 g/mol. The van der Waals surface area contributed by atoms with Gasteiger partial charge < -0.3 is 14.8 Å². The molecule has 1 N–H and O–H groups in total. The van der Waals surface area contributed by atoms with Crippen LogP contribution < -0.4 is 14.8 Å². The van der Waals surface area contributed by atoms with E-state index in [0.717, 1.165) is 4.88 Å². The lowest BCUT2D eigenvalue weighted by molar-refractivity contribution is 0.0945. The zero-order chi connectivity index (χ0) is 14.5. The fourth-order valence-corrected chi connectivity index (χ4v) is 2.74. The van der Waals surface area contributed by atoms with E-state index < -0.39 is 0 Å². The number of rotatable bonds is 5. The van der Waals surface area contributed by atoms with Gasteiger partial charge in [0.05, 0.1) is 20.8 Å². The Morgan fingerprint density at radius 1 is 1.15 bits per heavy atom. The van der Waals surface area contributed by atoms with Gasteiger partial charge in [0, 0.05) is 9.75 Å². The summed E-state index contributed by atoms with van der Waals surface area (Å²) in [5.41, 5.74) is 0.422. The second-order valence-electron chi connectivity index (χ2n) is 4.23. The highest BCUT2D eigenvalue weighted by molar-refractivity contribution is 7.11. The summed E-state index contributed by atoms with van der Waals surface area (Å²) in [6.07, 6.45) is 0. The van der Waals surface area contributed by atoms with Gasteiger partial charge in [-0.15, -0.1) is 11.3 Å². The van der Waals surface area contributed by atoms with Gasteiger partial charge in [-0.2, -0.15) is 0 Å². The number of amides is 1. The fraction of sp³-hybridized carbons (Fsp3) is 0.267. The minimum Gasteiger partial charge on any atom is -0.496 e. The minimum atomic E-state index is -0.203. The van der Waals surface area contributed by atoms with E-state index in [2.05, 4.69) is 5.32 Å². The van der Waals surface area contributed by atoms with Crippen molar-refractivity contribution in [2.24, 2.45) is 0 Å². The molecule has 0 fully saturated rings. The van der Waals surface area contributed by atoms with E-state index in [9.17, 15) is 4.79 Å². The van der Waals surface area contributed by atoms with Crippen molar-refractivity contribution in [3.05, 3.63) is 45.6 Å². The molecule has 0 aliphatic rings. The number of thiophene rings is 1. The first-order valence-electron chi connectivity index (χ1n) is 6.20. The highest BCUT2D eigenvalue weighted by atomic mass is 32.1. The molecule has 0 unspecified atom stereocenters. The maximum absolute atomic E-state index is 12.3. The number of hydrogen-bond acceptors (Lipinski definition) is 4. The van der Waals surface area contributed by atoms with Crippen molar-refractivity contribution in [3.8, 4) is 11.5 Å². The van der Waals surface area contributed by atoms with Gasteiger partial charge in [-0.1, -0.05) is 6.07 Å². The Bertz CT molecular complexity index is 585. The predicted octanol–water partition coefficient (Wildman–Crippen LogP) is 3.00. The summed E-state index contributed by atoms with van der Waals surface area (Å²) in [6, 6.07) is 9.33. The van der Waals surface area contributed by atoms with Crippen LogP contribution in [-0.2, 0) is 6.54 Å². The van der Waals surface area contributed by atoms with Crippen molar-refractivity contribution in [2.75, 3.05) is 14.2 Å². The maximum Gasteiger partial charge on any atom is 0.259 e. The van der Waals surface area contributed by atoms with E-state index in [1.807, 2.05) is 19.1 Å². The molecule has 0 aliphatic carbocycles. The molecule has 0 atom stereocenters. The van der Waals surface area contributed by atoms with Gasteiger partial charge in [0.15, 0.2) is 0 Å². The van der Waals surface area contributed by atoms with Crippen LogP contribution in [0.1, 0.15) is 20.1 Å². The molecule has 106 valence electrons. The van der Waals surface area contributed by atoms with Crippen LogP contribution in [0.15, 0.2) is 30.3 Å². The summed E-state index contributed by atoms with van der Waals surface area (Å²) in [6.45, 7) is 2.54. The third-order valence-corrected chi connectivity index (χ3v) is 3.87. The number of methoxy groups -OCH3 is 2. The van der Waals surface area contributed by atoms with Gasteiger partial charge in [0.2, 0.25) is 0 Å². The van der Waals surface area contributed by atoms with Gasteiger partial charge in [-0.3, -0.25) is 4.79 Å². The standard InChI is InChI=1S/C15H17NO3S/c1-10-7-8-11(20-10)9-16-15(17)14-12(18-2)5-4-6-13(14)19-3/h4-8H,9H2,1-3H3,(H,16,17). The summed E-state index contributed by atoms with van der Waals surface area (Å²) < 4.78 is 10.5. The van der Waals surface area contributed by atoms with Crippen LogP contribution in [0.2, 0.25) is 0 Å².